The molecule has 2 rings (SSSR count). The Morgan fingerprint density at radius 3 is 2.42 bits per heavy atom. The summed E-state index contributed by atoms with van der Waals surface area (Å²) in [6.45, 7) is 2.14. The molecule has 0 unspecified atom stereocenters. The second kappa shape index (κ2) is 6.19. The second-order valence-corrected chi connectivity index (χ2v) is 4.51. The summed E-state index contributed by atoms with van der Waals surface area (Å²) in [5.74, 6) is 0.743. The lowest BCUT2D eigenvalue weighted by molar-refractivity contribution is 0.103. The lowest BCUT2D eigenvalue weighted by Gasteiger charge is -2.06. The monoisotopic (exact) mass is 254 g/mol. The Morgan fingerprint density at radius 2 is 1.74 bits per heavy atom. The van der Waals surface area contributed by atoms with E-state index in [0.717, 1.165) is 18.4 Å². The molecule has 0 aliphatic rings. The fourth-order valence-corrected chi connectivity index (χ4v) is 2.09. The molecule has 2 aromatic carbocycles. The zero-order valence-corrected chi connectivity index (χ0v) is 11.3. The summed E-state index contributed by atoms with van der Waals surface area (Å²) < 4.78 is 5.15. The van der Waals surface area contributed by atoms with Crippen molar-refractivity contribution in [1.29, 1.82) is 0 Å². The molecule has 0 aromatic heterocycles. The minimum absolute atomic E-state index is 0.0388. The van der Waals surface area contributed by atoms with Crippen molar-refractivity contribution in [3.63, 3.8) is 0 Å². The Bertz CT molecular complexity index is 573. The van der Waals surface area contributed by atoms with Gasteiger partial charge < -0.3 is 4.74 Å². The molecular formula is C17H18O2. The molecule has 0 aliphatic heterocycles. The van der Waals surface area contributed by atoms with Gasteiger partial charge in [0.25, 0.3) is 0 Å². The number of rotatable bonds is 5. The maximum absolute atomic E-state index is 12.4. The molecule has 0 saturated carbocycles. The van der Waals surface area contributed by atoms with Crippen LogP contribution in [0.15, 0.2) is 48.5 Å². The van der Waals surface area contributed by atoms with Crippen molar-refractivity contribution in [1.82, 2.24) is 0 Å². The quantitative estimate of drug-likeness (QED) is 0.757. The summed E-state index contributed by atoms with van der Waals surface area (Å²) in [6, 6.07) is 15.1. The molecule has 0 saturated heterocycles. The highest BCUT2D eigenvalue weighted by Gasteiger charge is 2.10. The highest BCUT2D eigenvalue weighted by molar-refractivity contribution is 6.09. The summed E-state index contributed by atoms with van der Waals surface area (Å²) in [6.07, 6.45) is 2.08. The fourth-order valence-electron chi connectivity index (χ4n) is 2.09. The van der Waals surface area contributed by atoms with E-state index in [1.54, 1.807) is 13.2 Å². The first-order valence-corrected chi connectivity index (χ1v) is 6.52. The Kier molecular flexibility index (Phi) is 4.35. The lowest BCUT2D eigenvalue weighted by Crippen LogP contribution is -2.02. The van der Waals surface area contributed by atoms with Crippen LogP contribution in [0.25, 0.3) is 0 Å². The van der Waals surface area contributed by atoms with Gasteiger partial charge >= 0.3 is 0 Å². The molecule has 0 aliphatic carbocycles. The average Bonchev–Trinajstić information content (AvgIpc) is 2.47. The first-order valence-electron chi connectivity index (χ1n) is 6.52. The zero-order valence-electron chi connectivity index (χ0n) is 11.3. The molecule has 0 fully saturated rings. The Morgan fingerprint density at radius 1 is 1.05 bits per heavy atom. The van der Waals surface area contributed by atoms with Crippen LogP contribution in [0.4, 0.5) is 0 Å². The van der Waals surface area contributed by atoms with Gasteiger partial charge in [0.2, 0.25) is 0 Å². The van der Waals surface area contributed by atoms with E-state index in [-0.39, 0.29) is 5.78 Å². The van der Waals surface area contributed by atoms with Crippen molar-refractivity contribution in [2.75, 3.05) is 7.11 Å². The van der Waals surface area contributed by atoms with Crippen LogP contribution in [-0.4, -0.2) is 12.9 Å². The summed E-state index contributed by atoms with van der Waals surface area (Å²) in [4.78, 5) is 12.4. The SMILES string of the molecule is CCCc1cccc(C(=O)c2cccc(OC)c2)c1. The third-order valence-corrected chi connectivity index (χ3v) is 3.06. The molecule has 19 heavy (non-hydrogen) atoms. The highest BCUT2D eigenvalue weighted by atomic mass is 16.5. The predicted molar refractivity (Wildman–Crippen MR) is 76.9 cm³/mol. The smallest absolute Gasteiger partial charge is 0.193 e. The number of carbonyl (C=O) groups excluding carboxylic acids is 1. The van der Waals surface area contributed by atoms with Crippen LogP contribution in [0.1, 0.15) is 34.8 Å². The molecule has 2 nitrogen and oxygen atoms in total. The van der Waals surface area contributed by atoms with Crippen molar-refractivity contribution >= 4 is 5.78 Å². The molecule has 0 spiro atoms. The van der Waals surface area contributed by atoms with Crippen LogP contribution < -0.4 is 4.74 Å². The van der Waals surface area contributed by atoms with Crippen LogP contribution in [-0.2, 0) is 6.42 Å². The Balaban J connectivity index is 2.30. The van der Waals surface area contributed by atoms with Crippen molar-refractivity contribution in [3.05, 3.63) is 65.2 Å². The van der Waals surface area contributed by atoms with E-state index in [4.69, 9.17) is 4.74 Å². The fraction of sp³-hybridized carbons (Fsp3) is 0.235. The Labute approximate surface area is 114 Å². The number of hydrogen-bond acceptors (Lipinski definition) is 2. The zero-order chi connectivity index (χ0) is 13.7. The van der Waals surface area contributed by atoms with Crippen molar-refractivity contribution in [2.45, 2.75) is 19.8 Å². The average molecular weight is 254 g/mol. The molecule has 0 amide bonds. The van der Waals surface area contributed by atoms with Crippen molar-refractivity contribution < 1.29 is 9.53 Å². The normalized spacial score (nSPS) is 10.2. The topological polar surface area (TPSA) is 26.3 Å². The highest BCUT2D eigenvalue weighted by Crippen LogP contribution is 2.17. The van der Waals surface area contributed by atoms with Gasteiger partial charge in [0.05, 0.1) is 7.11 Å². The molecule has 98 valence electrons. The van der Waals surface area contributed by atoms with E-state index in [0.29, 0.717) is 11.3 Å². The summed E-state index contributed by atoms with van der Waals surface area (Å²) >= 11 is 0. The summed E-state index contributed by atoms with van der Waals surface area (Å²) in [7, 11) is 1.60. The van der Waals surface area contributed by atoms with Crippen LogP contribution in [0, 0.1) is 0 Å². The van der Waals surface area contributed by atoms with Crippen LogP contribution in [0.5, 0.6) is 5.75 Å². The van der Waals surface area contributed by atoms with E-state index in [9.17, 15) is 4.79 Å². The minimum Gasteiger partial charge on any atom is -0.497 e. The largest absolute Gasteiger partial charge is 0.497 e. The van der Waals surface area contributed by atoms with Crippen LogP contribution in [0.3, 0.4) is 0 Å². The minimum atomic E-state index is 0.0388. The van der Waals surface area contributed by atoms with Crippen molar-refractivity contribution in [3.8, 4) is 5.75 Å². The number of hydrogen-bond donors (Lipinski definition) is 0. The van der Waals surface area contributed by atoms with Gasteiger partial charge in [-0.15, -0.1) is 0 Å². The van der Waals surface area contributed by atoms with Gasteiger partial charge in [-0.2, -0.15) is 0 Å². The number of benzene rings is 2. The molecule has 0 N–H and O–H groups in total. The van der Waals surface area contributed by atoms with E-state index in [2.05, 4.69) is 13.0 Å². The van der Waals surface area contributed by atoms with Gasteiger partial charge in [-0.3, -0.25) is 4.79 Å². The van der Waals surface area contributed by atoms with E-state index < -0.39 is 0 Å². The third kappa shape index (κ3) is 3.22. The summed E-state index contributed by atoms with van der Waals surface area (Å²) in [5, 5.41) is 0. The van der Waals surface area contributed by atoms with Crippen LogP contribution in [0.2, 0.25) is 0 Å². The Hall–Kier alpha value is -2.09. The predicted octanol–water partition coefficient (Wildman–Crippen LogP) is 3.88. The standard InChI is InChI=1S/C17H18O2/c1-3-6-13-7-4-8-14(11-13)17(18)15-9-5-10-16(12-15)19-2/h4-5,7-12H,3,6H2,1-2H3. The molecule has 0 atom stereocenters. The molecular weight excluding hydrogens is 236 g/mol. The van der Waals surface area contributed by atoms with E-state index in [1.165, 1.54) is 5.56 Å². The molecule has 2 heteroatoms. The molecule has 0 radical (unpaired) electrons. The van der Waals surface area contributed by atoms with Gasteiger partial charge in [0.15, 0.2) is 5.78 Å². The van der Waals surface area contributed by atoms with E-state index in [1.807, 2.05) is 36.4 Å². The summed E-state index contributed by atoms with van der Waals surface area (Å²) in [5.41, 5.74) is 2.60. The van der Waals surface area contributed by atoms with Crippen molar-refractivity contribution in [2.24, 2.45) is 0 Å². The maximum atomic E-state index is 12.4. The maximum Gasteiger partial charge on any atom is 0.193 e. The third-order valence-electron chi connectivity index (χ3n) is 3.06. The number of ketones is 1. The number of methoxy groups -OCH3 is 1. The molecule has 0 heterocycles. The molecule has 2 aromatic rings. The molecule has 0 bridgehead atoms. The van der Waals surface area contributed by atoms with Crippen LogP contribution >= 0.6 is 0 Å². The van der Waals surface area contributed by atoms with E-state index >= 15 is 0 Å². The van der Waals surface area contributed by atoms with Gasteiger partial charge in [0.1, 0.15) is 5.75 Å². The second-order valence-electron chi connectivity index (χ2n) is 4.51. The van der Waals surface area contributed by atoms with Gasteiger partial charge in [0, 0.05) is 11.1 Å². The first kappa shape index (κ1) is 13.3. The first-order chi connectivity index (χ1) is 9.24. The number of ether oxygens (including phenoxy) is 1. The van der Waals surface area contributed by atoms with Gasteiger partial charge in [-0.05, 0) is 30.2 Å². The lowest BCUT2D eigenvalue weighted by atomic mass is 10.00. The number of carbonyl (C=O) groups is 1. The van der Waals surface area contributed by atoms with Gasteiger partial charge in [-0.1, -0.05) is 43.7 Å². The number of aryl methyl sites for hydroxylation is 1. The van der Waals surface area contributed by atoms with Gasteiger partial charge in [-0.25, -0.2) is 0 Å².